The Balaban J connectivity index is 1.99. The topological polar surface area (TPSA) is 42.7 Å². The van der Waals surface area contributed by atoms with Gasteiger partial charge >= 0.3 is 0 Å². The lowest BCUT2D eigenvalue weighted by atomic mass is 10.3. The molecule has 1 N–H and O–H groups in total. The molecule has 2 rings (SSSR count). The van der Waals surface area contributed by atoms with Gasteiger partial charge in [0, 0.05) is 43.6 Å². The maximum absolute atomic E-state index is 4.35. The Morgan fingerprint density at radius 1 is 1.35 bits per heavy atom. The standard InChI is InChI=1S/C12H16N4S/c1-3-13-10-4-5-14-11(8-10)9-17-12-15-6-7-16(12)2/h4-8H,3,9H2,1-2H3,(H,13,14). The molecule has 5 heteroatoms. The van der Waals surface area contributed by atoms with Gasteiger partial charge in [0.15, 0.2) is 5.16 Å². The molecule has 17 heavy (non-hydrogen) atoms. The zero-order valence-corrected chi connectivity index (χ0v) is 10.9. The van der Waals surface area contributed by atoms with Crippen molar-refractivity contribution in [2.75, 3.05) is 11.9 Å². The van der Waals surface area contributed by atoms with Crippen molar-refractivity contribution < 1.29 is 0 Å². The van der Waals surface area contributed by atoms with Crippen LogP contribution in [-0.4, -0.2) is 21.1 Å². The van der Waals surface area contributed by atoms with Crippen LogP contribution in [0.2, 0.25) is 0 Å². The van der Waals surface area contributed by atoms with Crippen molar-refractivity contribution >= 4 is 17.4 Å². The molecule has 0 aliphatic rings. The summed E-state index contributed by atoms with van der Waals surface area (Å²) in [4.78, 5) is 8.63. The summed E-state index contributed by atoms with van der Waals surface area (Å²) >= 11 is 1.70. The summed E-state index contributed by atoms with van der Waals surface area (Å²) < 4.78 is 2.01. The second-order valence-corrected chi connectivity index (χ2v) is 4.62. The Labute approximate surface area is 105 Å². The van der Waals surface area contributed by atoms with E-state index in [2.05, 4.69) is 28.3 Å². The third-order valence-corrected chi connectivity index (χ3v) is 3.42. The number of hydrogen-bond acceptors (Lipinski definition) is 4. The average molecular weight is 248 g/mol. The van der Waals surface area contributed by atoms with Gasteiger partial charge in [-0.25, -0.2) is 4.98 Å². The molecule has 0 radical (unpaired) electrons. The van der Waals surface area contributed by atoms with Crippen LogP contribution in [0.1, 0.15) is 12.6 Å². The van der Waals surface area contributed by atoms with E-state index in [4.69, 9.17) is 0 Å². The molecule has 0 aliphatic heterocycles. The number of thioether (sulfide) groups is 1. The summed E-state index contributed by atoms with van der Waals surface area (Å²) in [5.41, 5.74) is 2.19. The molecule has 2 aromatic rings. The molecular weight excluding hydrogens is 232 g/mol. The minimum Gasteiger partial charge on any atom is -0.385 e. The third-order valence-electron chi connectivity index (χ3n) is 2.32. The van der Waals surface area contributed by atoms with Crippen LogP contribution in [0.5, 0.6) is 0 Å². The number of rotatable bonds is 5. The van der Waals surface area contributed by atoms with Crippen molar-refractivity contribution in [3.8, 4) is 0 Å². The monoisotopic (exact) mass is 248 g/mol. The lowest BCUT2D eigenvalue weighted by Crippen LogP contribution is -1.98. The second-order valence-electron chi connectivity index (χ2n) is 3.68. The van der Waals surface area contributed by atoms with Gasteiger partial charge in [0.05, 0.1) is 5.69 Å². The molecule has 0 spiro atoms. The number of nitrogens with zero attached hydrogens (tertiary/aromatic N) is 3. The Bertz CT molecular complexity index is 481. The van der Waals surface area contributed by atoms with Crippen molar-refractivity contribution in [3.63, 3.8) is 0 Å². The molecule has 0 amide bonds. The number of nitrogens with one attached hydrogen (secondary N) is 1. The first kappa shape index (κ1) is 12.0. The largest absolute Gasteiger partial charge is 0.385 e. The molecule has 0 saturated heterocycles. The minimum atomic E-state index is 0.837. The van der Waals surface area contributed by atoms with Gasteiger partial charge in [0.2, 0.25) is 0 Å². The van der Waals surface area contributed by atoms with Crippen molar-refractivity contribution in [1.82, 2.24) is 14.5 Å². The lowest BCUT2D eigenvalue weighted by Gasteiger charge is -2.05. The molecule has 0 fully saturated rings. The van der Waals surface area contributed by atoms with Crippen LogP contribution in [0.15, 0.2) is 35.9 Å². The summed E-state index contributed by atoms with van der Waals surface area (Å²) in [7, 11) is 2.00. The van der Waals surface area contributed by atoms with Gasteiger partial charge in [0.25, 0.3) is 0 Å². The highest BCUT2D eigenvalue weighted by Gasteiger charge is 2.02. The highest BCUT2D eigenvalue weighted by atomic mass is 32.2. The lowest BCUT2D eigenvalue weighted by molar-refractivity contribution is 0.789. The van der Waals surface area contributed by atoms with Crippen LogP contribution >= 0.6 is 11.8 Å². The maximum Gasteiger partial charge on any atom is 0.168 e. The van der Waals surface area contributed by atoms with E-state index in [-0.39, 0.29) is 0 Å². The van der Waals surface area contributed by atoms with Gasteiger partial charge in [-0.1, -0.05) is 11.8 Å². The van der Waals surface area contributed by atoms with E-state index in [1.165, 1.54) is 0 Å². The highest BCUT2D eigenvalue weighted by Crippen LogP contribution is 2.20. The molecule has 90 valence electrons. The third kappa shape index (κ3) is 3.23. The number of aromatic nitrogens is 3. The van der Waals surface area contributed by atoms with E-state index in [1.807, 2.05) is 36.3 Å². The van der Waals surface area contributed by atoms with Crippen molar-refractivity contribution in [1.29, 1.82) is 0 Å². The maximum atomic E-state index is 4.35. The number of hydrogen-bond donors (Lipinski definition) is 1. The van der Waals surface area contributed by atoms with E-state index in [1.54, 1.807) is 11.8 Å². The van der Waals surface area contributed by atoms with Crippen LogP contribution in [0.3, 0.4) is 0 Å². The molecule has 4 nitrogen and oxygen atoms in total. The van der Waals surface area contributed by atoms with E-state index >= 15 is 0 Å². The normalized spacial score (nSPS) is 10.5. The fourth-order valence-electron chi connectivity index (χ4n) is 1.50. The Hall–Kier alpha value is -1.49. The van der Waals surface area contributed by atoms with Crippen molar-refractivity contribution in [3.05, 3.63) is 36.4 Å². The first-order chi connectivity index (χ1) is 8.29. The van der Waals surface area contributed by atoms with Gasteiger partial charge in [-0.05, 0) is 19.1 Å². The van der Waals surface area contributed by atoms with Gasteiger partial charge in [-0.3, -0.25) is 4.98 Å². The molecule has 0 aliphatic carbocycles. The van der Waals surface area contributed by atoms with E-state index < -0.39 is 0 Å². The number of imidazole rings is 1. The molecular formula is C12H16N4S. The van der Waals surface area contributed by atoms with E-state index in [0.29, 0.717) is 0 Å². The van der Waals surface area contributed by atoms with Crippen LogP contribution in [0.4, 0.5) is 5.69 Å². The summed E-state index contributed by atoms with van der Waals surface area (Å²) in [5.74, 6) is 0.837. The molecule has 2 heterocycles. The van der Waals surface area contributed by atoms with Crippen LogP contribution < -0.4 is 5.32 Å². The van der Waals surface area contributed by atoms with Crippen molar-refractivity contribution in [2.24, 2.45) is 7.05 Å². The van der Waals surface area contributed by atoms with Gasteiger partial charge in [-0.15, -0.1) is 0 Å². The fourth-order valence-corrected chi connectivity index (χ4v) is 2.34. The molecule has 0 unspecified atom stereocenters. The summed E-state index contributed by atoms with van der Waals surface area (Å²) in [6.45, 7) is 3.01. The van der Waals surface area contributed by atoms with E-state index in [9.17, 15) is 0 Å². The smallest absolute Gasteiger partial charge is 0.168 e. The quantitative estimate of drug-likeness (QED) is 0.826. The Morgan fingerprint density at radius 2 is 2.24 bits per heavy atom. The van der Waals surface area contributed by atoms with Gasteiger partial charge < -0.3 is 9.88 Å². The molecule has 2 aromatic heterocycles. The predicted octanol–water partition coefficient (Wildman–Crippen LogP) is 2.54. The molecule has 0 aromatic carbocycles. The molecule has 0 bridgehead atoms. The summed E-state index contributed by atoms with van der Waals surface area (Å²) in [5, 5.41) is 4.30. The second kappa shape index (κ2) is 5.72. The fraction of sp³-hybridized carbons (Fsp3) is 0.333. The molecule has 0 saturated carbocycles. The van der Waals surface area contributed by atoms with Crippen LogP contribution in [0.25, 0.3) is 0 Å². The number of pyridine rings is 1. The van der Waals surface area contributed by atoms with Gasteiger partial charge in [0.1, 0.15) is 0 Å². The van der Waals surface area contributed by atoms with Crippen molar-refractivity contribution in [2.45, 2.75) is 17.8 Å². The molecule has 0 atom stereocenters. The minimum absolute atomic E-state index is 0.837. The Morgan fingerprint density at radius 3 is 2.94 bits per heavy atom. The zero-order valence-electron chi connectivity index (χ0n) is 10.1. The SMILES string of the molecule is CCNc1ccnc(CSc2nccn2C)c1. The van der Waals surface area contributed by atoms with Gasteiger partial charge in [-0.2, -0.15) is 0 Å². The van der Waals surface area contributed by atoms with E-state index in [0.717, 1.165) is 28.8 Å². The number of anilines is 1. The highest BCUT2D eigenvalue weighted by molar-refractivity contribution is 7.98. The first-order valence-electron chi connectivity index (χ1n) is 5.58. The Kier molecular flexibility index (Phi) is 4.03. The average Bonchev–Trinajstić information content (AvgIpc) is 2.73. The summed E-state index contributed by atoms with van der Waals surface area (Å²) in [6.07, 6.45) is 5.60. The predicted molar refractivity (Wildman–Crippen MR) is 71.2 cm³/mol. The first-order valence-corrected chi connectivity index (χ1v) is 6.57. The summed E-state index contributed by atoms with van der Waals surface area (Å²) in [6, 6.07) is 4.07. The van der Waals surface area contributed by atoms with Crippen LogP contribution in [-0.2, 0) is 12.8 Å². The van der Waals surface area contributed by atoms with Crippen LogP contribution in [0, 0.1) is 0 Å². The zero-order chi connectivity index (χ0) is 12.1. The number of aryl methyl sites for hydroxylation is 1.